The summed E-state index contributed by atoms with van der Waals surface area (Å²) in [7, 11) is 0. The van der Waals surface area contributed by atoms with E-state index in [2.05, 4.69) is 37.8 Å². The summed E-state index contributed by atoms with van der Waals surface area (Å²) in [5, 5.41) is 0. The topological polar surface area (TPSA) is 0 Å². The fraction of sp³-hybridized carbons (Fsp3) is 0.619. The van der Waals surface area contributed by atoms with Crippen molar-refractivity contribution in [1.29, 1.82) is 0 Å². The van der Waals surface area contributed by atoms with Crippen molar-refractivity contribution >= 4 is 6.08 Å². The highest BCUT2D eigenvalue weighted by Crippen LogP contribution is 2.43. The first-order valence-corrected chi connectivity index (χ1v) is 8.98. The van der Waals surface area contributed by atoms with Crippen molar-refractivity contribution < 1.29 is 2.85 Å². The molecule has 2 aliphatic rings. The molecular formula is C21H34. The van der Waals surface area contributed by atoms with Crippen molar-refractivity contribution in [3.05, 3.63) is 42.0 Å². The van der Waals surface area contributed by atoms with E-state index in [-0.39, 0.29) is 2.85 Å². The molecule has 1 aromatic rings. The van der Waals surface area contributed by atoms with E-state index in [0.29, 0.717) is 0 Å². The normalized spacial score (nSPS) is 33.6. The minimum atomic E-state index is 0. The molecule has 0 nitrogen and oxygen atoms in total. The van der Waals surface area contributed by atoms with Gasteiger partial charge < -0.3 is 0 Å². The van der Waals surface area contributed by atoms with Gasteiger partial charge in [-0.05, 0) is 73.3 Å². The van der Waals surface area contributed by atoms with Crippen LogP contribution in [0.2, 0.25) is 0 Å². The first kappa shape index (κ1) is 14.9. The molecule has 0 amide bonds. The Balaban J connectivity index is 0.00000132. The Morgan fingerprint density at radius 3 is 1.90 bits per heavy atom. The van der Waals surface area contributed by atoms with Crippen LogP contribution in [0, 0.1) is 17.8 Å². The molecule has 21 heavy (non-hydrogen) atoms. The second kappa shape index (κ2) is 6.81. The summed E-state index contributed by atoms with van der Waals surface area (Å²) in [5.41, 5.74) is 2.79. The fourth-order valence-corrected chi connectivity index (χ4v) is 4.59. The van der Waals surface area contributed by atoms with Crippen molar-refractivity contribution in [2.24, 2.45) is 17.8 Å². The molecule has 3 rings (SSSR count). The molecule has 2 saturated carbocycles. The van der Waals surface area contributed by atoms with Gasteiger partial charge in [-0.1, -0.05) is 56.7 Å². The number of hydrogen-bond donors (Lipinski definition) is 0. The molecular weight excluding hydrogens is 252 g/mol. The molecule has 0 radical (unpaired) electrons. The highest BCUT2D eigenvalue weighted by atomic mass is 14.4. The van der Waals surface area contributed by atoms with Crippen molar-refractivity contribution in [1.82, 2.24) is 0 Å². The Kier molecular flexibility index (Phi) is 4.83. The van der Waals surface area contributed by atoms with Gasteiger partial charge in [0.15, 0.2) is 0 Å². The summed E-state index contributed by atoms with van der Waals surface area (Å²) in [6, 6.07) is 9.09. The third-order valence-corrected chi connectivity index (χ3v) is 6.14. The zero-order valence-corrected chi connectivity index (χ0v) is 13.6. The molecule has 0 aliphatic heterocycles. The molecule has 2 aliphatic carbocycles. The molecule has 0 aromatic heterocycles. The number of hydrogen-bond acceptors (Lipinski definition) is 0. The van der Waals surface area contributed by atoms with E-state index in [4.69, 9.17) is 0 Å². The molecule has 0 atom stereocenters. The maximum Gasteiger partial charge on any atom is 0 e. The van der Waals surface area contributed by atoms with Crippen molar-refractivity contribution in [2.75, 3.05) is 0 Å². The van der Waals surface area contributed by atoms with Crippen LogP contribution in [0.4, 0.5) is 0 Å². The van der Waals surface area contributed by atoms with Crippen LogP contribution in [0.1, 0.15) is 78.2 Å². The van der Waals surface area contributed by atoms with Crippen LogP contribution in [0.15, 0.2) is 30.8 Å². The molecule has 0 bridgehead atoms. The lowest BCUT2D eigenvalue weighted by Crippen LogP contribution is -2.24. The molecule has 0 saturated heterocycles. The predicted molar refractivity (Wildman–Crippen MR) is 96.6 cm³/mol. The van der Waals surface area contributed by atoms with Gasteiger partial charge in [0.1, 0.15) is 0 Å². The second-order valence-corrected chi connectivity index (χ2v) is 7.50. The van der Waals surface area contributed by atoms with Gasteiger partial charge in [-0.3, -0.25) is 0 Å². The third-order valence-electron chi connectivity index (χ3n) is 6.14. The smallest absolute Gasteiger partial charge is 0 e. The molecule has 0 N–H and O–H groups in total. The number of rotatable bonds is 3. The molecule has 0 heteroatoms. The average molecular weight is 287 g/mol. The molecule has 0 heterocycles. The van der Waals surface area contributed by atoms with Gasteiger partial charge in [-0.2, -0.15) is 0 Å². The number of benzene rings is 1. The highest BCUT2D eigenvalue weighted by molar-refractivity contribution is 5.47. The van der Waals surface area contributed by atoms with E-state index in [1.165, 1.54) is 56.9 Å². The Morgan fingerprint density at radius 1 is 0.857 bits per heavy atom. The van der Waals surface area contributed by atoms with Gasteiger partial charge in [-0.25, -0.2) is 0 Å². The van der Waals surface area contributed by atoms with Crippen molar-refractivity contribution in [2.45, 2.75) is 64.2 Å². The molecule has 0 unspecified atom stereocenters. The van der Waals surface area contributed by atoms with Crippen LogP contribution in [0.25, 0.3) is 6.08 Å². The van der Waals surface area contributed by atoms with Gasteiger partial charge in [0.25, 0.3) is 0 Å². The summed E-state index contributed by atoms with van der Waals surface area (Å²) in [6.07, 6.45) is 13.6. The quantitative estimate of drug-likeness (QED) is 0.565. The van der Waals surface area contributed by atoms with Gasteiger partial charge in [0.2, 0.25) is 0 Å². The van der Waals surface area contributed by atoms with Crippen LogP contribution in [0.3, 0.4) is 0 Å². The first-order chi connectivity index (χ1) is 10.3. The van der Waals surface area contributed by atoms with Crippen molar-refractivity contribution in [3.63, 3.8) is 0 Å². The van der Waals surface area contributed by atoms with E-state index in [1.807, 2.05) is 6.08 Å². The van der Waals surface area contributed by atoms with E-state index in [0.717, 1.165) is 23.7 Å². The van der Waals surface area contributed by atoms with Crippen LogP contribution in [-0.2, 0) is 0 Å². The van der Waals surface area contributed by atoms with Crippen LogP contribution in [0.5, 0.6) is 0 Å². The standard InChI is InChI=1S/C21H30.2H2/c1-3-17-6-10-19(11-7-17)21-14-12-20(13-15-21)18-8-4-16(2)5-9-18;;/h3,6-7,10-11,16,18,20-21H,1,4-5,8-9,12-15H2,2H3;2*1H. The lowest BCUT2D eigenvalue weighted by atomic mass is 9.68. The molecule has 2 fully saturated rings. The maximum atomic E-state index is 3.84. The summed E-state index contributed by atoms with van der Waals surface area (Å²) >= 11 is 0. The lowest BCUT2D eigenvalue weighted by Gasteiger charge is -2.37. The van der Waals surface area contributed by atoms with Gasteiger partial charge >= 0.3 is 0 Å². The molecule has 1 aromatic carbocycles. The third kappa shape index (κ3) is 3.59. The zero-order chi connectivity index (χ0) is 14.7. The first-order valence-electron chi connectivity index (χ1n) is 8.98. The Bertz CT molecular complexity index is 449. The summed E-state index contributed by atoms with van der Waals surface area (Å²) in [6.45, 7) is 6.27. The van der Waals surface area contributed by atoms with E-state index < -0.39 is 0 Å². The van der Waals surface area contributed by atoms with Crippen LogP contribution < -0.4 is 0 Å². The average Bonchev–Trinajstić information content (AvgIpc) is 2.56. The van der Waals surface area contributed by atoms with Gasteiger partial charge in [0, 0.05) is 2.85 Å². The maximum absolute atomic E-state index is 3.84. The van der Waals surface area contributed by atoms with E-state index in [9.17, 15) is 0 Å². The Hall–Kier alpha value is -1.04. The minimum absolute atomic E-state index is 0. The zero-order valence-electron chi connectivity index (χ0n) is 13.6. The van der Waals surface area contributed by atoms with E-state index >= 15 is 0 Å². The predicted octanol–water partition coefficient (Wildman–Crippen LogP) is 6.92. The Morgan fingerprint density at radius 2 is 1.38 bits per heavy atom. The molecule has 118 valence electrons. The van der Waals surface area contributed by atoms with Gasteiger partial charge in [-0.15, -0.1) is 0 Å². The lowest BCUT2D eigenvalue weighted by molar-refractivity contribution is 0.165. The fourth-order valence-electron chi connectivity index (χ4n) is 4.59. The largest absolute Gasteiger partial charge is 0.0985 e. The summed E-state index contributed by atoms with van der Waals surface area (Å²) in [5.74, 6) is 3.87. The van der Waals surface area contributed by atoms with Crippen LogP contribution in [-0.4, -0.2) is 0 Å². The van der Waals surface area contributed by atoms with Crippen LogP contribution >= 0.6 is 0 Å². The SMILES string of the molecule is C=Cc1ccc(C2CCC(C3CCC(C)CC3)CC2)cc1.[HH].[HH]. The Labute approximate surface area is 133 Å². The molecule has 0 spiro atoms. The van der Waals surface area contributed by atoms with Crippen molar-refractivity contribution in [3.8, 4) is 0 Å². The highest BCUT2D eigenvalue weighted by Gasteiger charge is 2.30. The second-order valence-electron chi connectivity index (χ2n) is 7.50. The minimum Gasteiger partial charge on any atom is -0.0985 e. The van der Waals surface area contributed by atoms with Gasteiger partial charge in [0.05, 0.1) is 0 Å². The summed E-state index contributed by atoms with van der Waals surface area (Å²) < 4.78 is 0. The summed E-state index contributed by atoms with van der Waals surface area (Å²) in [4.78, 5) is 0. The monoisotopic (exact) mass is 286 g/mol. The van der Waals surface area contributed by atoms with E-state index in [1.54, 1.807) is 5.56 Å².